The van der Waals surface area contributed by atoms with E-state index < -0.39 is 22.0 Å². The Hall–Kier alpha value is -2.99. The number of aromatic nitrogens is 1. The van der Waals surface area contributed by atoms with E-state index in [-0.39, 0.29) is 15.9 Å². The average molecular weight is 532 g/mol. The number of fused-ring (bicyclic) bond motifs is 3. The highest BCUT2D eigenvalue weighted by Crippen LogP contribution is 2.46. The van der Waals surface area contributed by atoms with Crippen LogP contribution in [0.3, 0.4) is 0 Å². The number of alkyl halides is 3. The van der Waals surface area contributed by atoms with Crippen molar-refractivity contribution in [3.05, 3.63) is 83.6 Å². The van der Waals surface area contributed by atoms with Crippen molar-refractivity contribution in [1.29, 1.82) is 0 Å². The molecular weight excluding hydrogens is 511 g/mol. The van der Waals surface area contributed by atoms with Crippen LogP contribution in [0.15, 0.2) is 75.5 Å². The Kier molecular flexibility index (Phi) is 5.56. The molecule has 36 heavy (non-hydrogen) atoms. The summed E-state index contributed by atoms with van der Waals surface area (Å²) in [5, 5.41) is 3.45. The van der Waals surface area contributed by atoms with Crippen molar-refractivity contribution in [1.82, 2.24) is 14.4 Å². The van der Waals surface area contributed by atoms with E-state index in [1.807, 2.05) is 24.3 Å². The van der Waals surface area contributed by atoms with Crippen LogP contribution in [0, 0.1) is 0 Å². The maximum absolute atomic E-state index is 13.3. The second kappa shape index (κ2) is 8.55. The summed E-state index contributed by atoms with van der Waals surface area (Å²) in [5.74, 6) is -1.22. The van der Waals surface area contributed by atoms with Gasteiger partial charge in [-0.2, -0.15) is 17.5 Å². The Morgan fingerprint density at radius 1 is 0.889 bits per heavy atom. The lowest BCUT2D eigenvalue weighted by atomic mass is 10.0. The molecule has 2 aromatic heterocycles. The summed E-state index contributed by atoms with van der Waals surface area (Å²) in [6.07, 6.45) is -4.66. The monoisotopic (exact) mass is 531 g/mol. The zero-order valence-corrected chi connectivity index (χ0v) is 20.4. The van der Waals surface area contributed by atoms with Crippen LogP contribution >= 0.6 is 11.3 Å². The Labute approximate surface area is 209 Å². The van der Waals surface area contributed by atoms with Crippen LogP contribution in [0.5, 0.6) is 0 Å². The van der Waals surface area contributed by atoms with Crippen LogP contribution in [0.2, 0.25) is 0 Å². The standard InChI is InChI=1S/C25H20F3N3O3S2/c26-25(27,28)22-15-20(29-34-22)21-9-10-23(35-21)36(32,33)31-13-11-30(12-14-31)24-18-7-3-1-5-16(18)17-6-2-4-8-19(17)24/h1-10,15,24H,11-14H2. The molecule has 0 radical (unpaired) electrons. The van der Waals surface area contributed by atoms with Gasteiger partial charge in [-0.25, -0.2) is 8.42 Å². The SMILES string of the molecule is O=S(=O)(c1ccc(-c2cc(C(F)(F)F)on2)s1)N1CCN(C2c3ccccc3-c3ccccc32)CC1. The molecule has 0 saturated carbocycles. The van der Waals surface area contributed by atoms with Crippen molar-refractivity contribution in [2.45, 2.75) is 16.4 Å². The highest BCUT2D eigenvalue weighted by Gasteiger charge is 2.38. The number of rotatable bonds is 4. The van der Waals surface area contributed by atoms with Crippen molar-refractivity contribution in [3.63, 3.8) is 0 Å². The van der Waals surface area contributed by atoms with E-state index >= 15 is 0 Å². The molecule has 6 rings (SSSR count). The van der Waals surface area contributed by atoms with Crippen molar-refractivity contribution < 1.29 is 26.1 Å². The van der Waals surface area contributed by atoms with Gasteiger partial charge in [0.05, 0.1) is 10.9 Å². The quantitative estimate of drug-likeness (QED) is 0.348. The number of halogens is 3. The van der Waals surface area contributed by atoms with Gasteiger partial charge in [0.15, 0.2) is 0 Å². The minimum Gasteiger partial charge on any atom is -0.351 e. The van der Waals surface area contributed by atoms with Crippen molar-refractivity contribution >= 4 is 21.4 Å². The second-order valence-corrected chi connectivity index (χ2v) is 12.0. The Bertz CT molecular complexity index is 1490. The topological polar surface area (TPSA) is 66.7 Å². The molecule has 0 unspecified atom stereocenters. The van der Waals surface area contributed by atoms with Crippen LogP contribution in [0.1, 0.15) is 22.9 Å². The van der Waals surface area contributed by atoms with Crippen LogP contribution in [-0.2, 0) is 16.2 Å². The first kappa shape index (κ1) is 23.4. The molecule has 11 heteroatoms. The number of nitrogens with zero attached hydrogens (tertiary/aromatic N) is 3. The third-order valence-electron chi connectivity index (χ3n) is 6.66. The fourth-order valence-corrected chi connectivity index (χ4v) is 7.81. The molecule has 0 amide bonds. The van der Waals surface area contributed by atoms with E-state index in [4.69, 9.17) is 0 Å². The highest BCUT2D eigenvalue weighted by molar-refractivity contribution is 7.91. The summed E-state index contributed by atoms with van der Waals surface area (Å²) in [5.41, 5.74) is 4.83. The number of benzene rings is 2. The van der Waals surface area contributed by atoms with Crippen molar-refractivity contribution in [2.75, 3.05) is 26.2 Å². The summed E-state index contributed by atoms with van der Waals surface area (Å²) < 4.78 is 71.0. The number of piperazine rings is 1. The minimum atomic E-state index is -4.66. The minimum absolute atomic E-state index is 0.0443. The van der Waals surface area contributed by atoms with Crippen LogP contribution in [-0.4, -0.2) is 49.0 Å². The molecule has 2 aromatic carbocycles. The molecule has 1 saturated heterocycles. The smallest absolute Gasteiger partial charge is 0.351 e. The fraction of sp³-hybridized carbons (Fsp3) is 0.240. The van der Waals surface area contributed by atoms with Gasteiger partial charge < -0.3 is 4.52 Å². The molecule has 1 aliphatic carbocycles. The predicted octanol–water partition coefficient (Wildman–Crippen LogP) is 5.50. The lowest BCUT2D eigenvalue weighted by molar-refractivity contribution is -0.155. The van der Waals surface area contributed by atoms with Gasteiger partial charge in [-0.1, -0.05) is 53.7 Å². The molecular formula is C25H20F3N3O3S2. The third kappa shape index (κ3) is 3.86. The number of sulfonamides is 1. The van der Waals surface area contributed by atoms with E-state index in [9.17, 15) is 21.6 Å². The average Bonchev–Trinajstić information content (AvgIpc) is 3.61. The normalized spacial score (nSPS) is 17.3. The zero-order chi connectivity index (χ0) is 25.1. The first-order chi connectivity index (χ1) is 17.2. The largest absolute Gasteiger partial charge is 0.452 e. The Morgan fingerprint density at radius 3 is 2.08 bits per heavy atom. The molecule has 186 valence electrons. The van der Waals surface area contributed by atoms with Gasteiger partial charge in [-0.15, -0.1) is 11.3 Å². The molecule has 0 atom stereocenters. The Balaban J connectivity index is 1.20. The van der Waals surface area contributed by atoms with E-state index in [1.54, 1.807) is 0 Å². The lowest BCUT2D eigenvalue weighted by Crippen LogP contribution is -2.49. The molecule has 1 aliphatic heterocycles. The highest BCUT2D eigenvalue weighted by atomic mass is 32.2. The van der Waals surface area contributed by atoms with Crippen molar-refractivity contribution in [2.24, 2.45) is 0 Å². The maximum Gasteiger partial charge on any atom is 0.452 e. The van der Waals surface area contributed by atoms with E-state index in [0.717, 1.165) is 17.4 Å². The van der Waals surface area contributed by atoms with Crippen LogP contribution in [0.25, 0.3) is 21.7 Å². The van der Waals surface area contributed by atoms with Gasteiger partial charge in [-0.3, -0.25) is 4.90 Å². The molecule has 0 spiro atoms. The summed E-state index contributed by atoms with van der Waals surface area (Å²) in [6, 6.07) is 20.3. The number of thiophene rings is 1. The molecule has 0 N–H and O–H groups in total. The fourth-order valence-electron chi connectivity index (χ4n) is 4.97. The molecule has 6 nitrogen and oxygen atoms in total. The first-order valence-electron chi connectivity index (χ1n) is 11.3. The van der Waals surface area contributed by atoms with E-state index in [0.29, 0.717) is 31.1 Å². The molecule has 1 fully saturated rings. The Morgan fingerprint density at radius 2 is 1.50 bits per heavy atom. The van der Waals surface area contributed by atoms with Gasteiger partial charge >= 0.3 is 6.18 Å². The summed E-state index contributed by atoms with van der Waals surface area (Å²) in [4.78, 5) is 2.61. The molecule has 2 aliphatic rings. The number of hydrogen-bond donors (Lipinski definition) is 0. The van der Waals surface area contributed by atoms with Crippen molar-refractivity contribution in [3.8, 4) is 21.7 Å². The zero-order valence-electron chi connectivity index (χ0n) is 18.8. The predicted molar refractivity (Wildman–Crippen MR) is 129 cm³/mol. The van der Waals surface area contributed by atoms with Gasteiger partial charge in [-0.05, 0) is 34.4 Å². The van der Waals surface area contributed by atoms with Gasteiger partial charge in [0.25, 0.3) is 10.0 Å². The summed E-state index contributed by atoms with van der Waals surface area (Å²) in [7, 11) is -3.79. The van der Waals surface area contributed by atoms with Crippen LogP contribution < -0.4 is 0 Å². The lowest BCUT2D eigenvalue weighted by Gasteiger charge is -2.38. The maximum atomic E-state index is 13.3. The third-order valence-corrected chi connectivity index (χ3v) is 10.1. The van der Waals surface area contributed by atoms with Gasteiger partial charge in [0.2, 0.25) is 5.76 Å². The first-order valence-corrected chi connectivity index (χ1v) is 13.6. The molecule has 0 bridgehead atoms. The van der Waals surface area contributed by atoms with Crippen LogP contribution in [0.4, 0.5) is 13.2 Å². The summed E-state index contributed by atoms with van der Waals surface area (Å²) >= 11 is 0.885. The van der Waals surface area contributed by atoms with Gasteiger partial charge in [0, 0.05) is 32.2 Å². The van der Waals surface area contributed by atoms with E-state index in [1.165, 1.54) is 38.7 Å². The number of hydrogen-bond acceptors (Lipinski definition) is 6. The second-order valence-electron chi connectivity index (χ2n) is 8.71. The molecule has 3 heterocycles. The molecule has 4 aromatic rings. The van der Waals surface area contributed by atoms with E-state index in [2.05, 4.69) is 38.8 Å². The summed E-state index contributed by atoms with van der Waals surface area (Å²) in [6.45, 7) is 1.75. The van der Waals surface area contributed by atoms with Gasteiger partial charge in [0.1, 0.15) is 9.90 Å².